The predicted molar refractivity (Wildman–Crippen MR) is 124 cm³/mol. The van der Waals surface area contributed by atoms with Crippen LogP contribution < -0.4 is 10.6 Å². The molecule has 2 aromatic rings. The molecule has 0 saturated carbocycles. The third-order valence-corrected chi connectivity index (χ3v) is 5.47. The summed E-state index contributed by atoms with van der Waals surface area (Å²) < 4.78 is 19.4. The Morgan fingerprint density at radius 3 is 2.50 bits per heavy atom. The van der Waals surface area contributed by atoms with Gasteiger partial charge in [-0.05, 0) is 35.4 Å². The van der Waals surface area contributed by atoms with Gasteiger partial charge >= 0.3 is 0 Å². The molecule has 1 aliphatic heterocycles. The average molecular weight is 442 g/mol. The molecule has 0 spiro atoms. The third-order valence-electron chi connectivity index (χ3n) is 5.47. The molecule has 172 valence electrons. The molecule has 0 aliphatic carbocycles. The molecule has 2 N–H and O–H groups in total. The third kappa shape index (κ3) is 6.51. The van der Waals surface area contributed by atoms with Gasteiger partial charge in [0.15, 0.2) is 5.96 Å². The zero-order valence-electron chi connectivity index (χ0n) is 19.0. The molecule has 0 radical (unpaired) electrons. The molecule has 2 aromatic carbocycles. The van der Waals surface area contributed by atoms with Crippen LogP contribution in [0.2, 0.25) is 0 Å². The topological polar surface area (TPSA) is 69.2 Å². The molecule has 1 heterocycles. The van der Waals surface area contributed by atoms with Crippen LogP contribution >= 0.6 is 0 Å². The first kappa shape index (κ1) is 23.7. The minimum absolute atomic E-state index is 0.00415. The van der Waals surface area contributed by atoms with E-state index in [1.807, 2.05) is 30.3 Å². The fourth-order valence-corrected chi connectivity index (χ4v) is 3.68. The molecule has 8 heteroatoms. The summed E-state index contributed by atoms with van der Waals surface area (Å²) in [7, 11) is 5.20. The molecule has 3 rings (SSSR count). The maximum absolute atomic E-state index is 13.9. The number of morpholine rings is 1. The van der Waals surface area contributed by atoms with E-state index in [4.69, 9.17) is 4.74 Å². The highest BCUT2D eigenvalue weighted by molar-refractivity contribution is 5.93. The normalized spacial score (nSPS) is 15.8. The van der Waals surface area contributed by atoms with Crippen molar-refractivity contribution in [1.82, 2.24) is 20.4 Å². The fraction of sp³-hybridized carbons (Fsp3) is 0.417. The Morgan fingerprint density at radius 2 is 1.88 bits per heavy atom. The molecule has 1 atom stereocenters. The maximum atomic E-state index is 13.9. The highest BCUT2D eigenvalue weighted by Gasteiger charge is 2.23. The Labute approximate surface area is 189 Å². The molecule has 0 bridgehead atoms. The lowest BCUT2D eigenvalue weighted by atomic mass is 10.0. The Hall–Kier alpha value is -2.97. The standard InChI is InChI=1S/C24H32FN5O2/c1-26-24(27-16-18-7-9-19(10-8-18)23(31)29(2)3)28-17-22(30-11-13-32-14-12-30)20-5-4-6-21(25)15-20/h4-10,15,22H,11-14,16-17H2,1-3H3,(H2,26,27,28). The number of halogens is 1. The molecule has 0 aromatic heterocycles. The second kappa shape index (κ2) is 11.6. The van der Waals surface area contributed by atoms with E-state index in [1.54, 1.807) is 38.2 Å². The van der Waals surface area contributed by atoms with Gasteiger partial charge in [-0.15, -0.1) is 0 Å². The molecule has 32 heavy (non-hydrogen) atoms. The average Bonchev–Trinajstić information content (AvgIpc) is 2.81. The number of carbonyl (C=O) groups excluding carboxylic acids is 1. The van der Waals surface area contributed by atoms with E-state index in [0.717, 1.165) is 24.2 Å². The van der Waals surface area contributed by atoms with E-state index in [2.05, 4.69) is 20.5 Å². The number of hydrogen-bond acceptors (Lipinski definition) is 4. The van der Waals surface area contributed by atoms with Crippen molar-refractivity contribution >= 4 is 11.9 Å². The van der Waals surface area contributed by atoms with E-state index in [9.17, 15) is 9.18 Å². The van der Waals surface area contributed by atoms with Gasteiger partial charge in [0.1, 0.15) is 5.82 Å². The lowest BCUT2D eigenvalue weighted by Gasteiger charge is -2.35. The van der Waals surface area contributed by atoms with Crippen LogP contribution in [0.3, 0.4) is 0 Å². The van der Waals surface area contributed by atoms with Gasteiger partial charge in [-0.25, -0.2) is 4.39 Å². The van der Waals surface area contributed by atoms with Crippen molar-refractivity contribution in [3.8, 4) is 0 Å². The number of nitrogens with one attached hydrogen (secondary N) is 2. The van der Waals surface area contributed by atoms with Crippen LogP contribution in [-0.2, 0) is 11.3 Å². The van der Waals surface area contributed by atoms with Gasteiger partial charge in [-0.2, -0.15) is 0 Å². The van der Waals surface area contributed by atoms with Crippen LogP contribution in [-0.4, -0.2) is 75.7 Å². The monoisotopic (exact) mass is 441 g/mol. The van der Waals surface area contributed by atoms with Crippen molar-refractivity contribution in [2.75, 3.05) is 54.0 Å². The van der Waals surface area contributed by atoms with Crippen LogP contribution in [0.1, 0.15) is 27.5 Å². The summed E-state index contributed by atoms with van der Waals surface area (Å²) in [5, 5.41) is 6.68. The van der Waals surface area contributed by atoms with Crippen LogP contribution in [0.4, 0.5) is 4.39 Å². The summed E-state index contributed by atoms with van der Waals surface area (Å²) in [4.78, 5) is 20.2. The number of amides is 1. The second-order valence-corrected chi connectivity index (χ2v) is 7.92. The summed E-state index contributed by atoms with van der Waals surface area (Å²) in [6.45, 7) is 4.09. The summed E-state index contributed by atoms with van der Waals surface area (Å²) >= 11 is 0. The minimum atomic E-state index is -0.237. The van der Waals surface area contributed by atoms with Crippen molar-refractivity contribution in [2.45, 2.75) is 12.6 Å². The zero-order valence-corrected chi connectivity index (χ0v) is 19.0. The number of nitrogens with zero attached hydrogens (tertiary/aromatic N) is 3. The van der Waals surface area contributed by atoms with Gasteiger partial charge in [0.2, 0.25) is 0 Å². The molecule has 1 aliphatic rings. The smallest absolute Gasteiger partial charge is 0.253 e. The quantitative estimate of drug-likeness (QED) is 0.510. The summed E-state index contributed by atoms with van der Waals surface area (Å²) in [6.07, 6.45) is 0. The number of hydrogen-bond donors (Lipinski definition) is 2. The summed E-state index contributed by atoms with van der Waals surface area (Å²) in [5.74, 6) is 0.404. The van der Waals surface area contributed by atoms with Crippen molar-refractivity contribution in [1.29, 1.82) is 0 Å². The van der Waals surface area contributed by atoms with Crippen molar-refractivity contribution < 1.29 is 13.9 Å². The first-order valence-corrected chi connectivity index (χ1v) is 10.8. The maximum Gasteiger partial charge on any atom is 0.253 e. The largest absolute Gasteiger partial charge is 0.379 e. The Morgan fingerprint density at radius 1 is 1.16 bits per heavy atom. The van der Waals surface area contributed by atoms with Crippen molar-refractivity contribution in [3.05, 3.63) is 71.0 Å². The van der Waals surface area contributed by atoms with E-state index < -0.39 is 0 Å². The Bertz CT molecular complexity index is 911. The molecule has 7 nitrogen and oxygen atoms in total. The molecule has 1 unspecified atom stereocenters. The van der Waals surface area contributed by atoms with Crippen LogP contribution in [0, 0.1) is 5.82 Å². The Kier molecular flexibility index (Phi) is 8.58. The van der Waals surface area contributed by atoms with Gasteiger partial charge in [0, 0.05) is 52.9 Å². The van der Waals surface area contributed by atoms with Gasteiger partial charge in [0.25, 0.3) is 5.91 Å². The summed E-state index contributed by atoms with van der Waals surface area (Å²) in [5.41, 5.74) is 2.62. The molecular formula is C24H32FN5O2. The van der Waals surface area contributed by atoms with Gasteiger partial charge in [0.05, 0.1) is 19.3 Å². The molecule has 1 amide bonds. The first-order valence-electron chi connectivity index (χ1n) is 10.8. The predicted octanol–water partition coefficient (Wildman–Crippen LogP) is 2.27. The number of guanidine groups is 1. The molecule has 1 saturated heterocycles. The highest BCUT2D eigenvalue weighted by Crippen LogP contribution is 2.22. The van der Waals surface area contributed by atoms with E-state index >= 15 is 0 Å². The lowest BCUT2D eigenvalue weighted by molar-refractivity contribution is 0.0169. The SMILES string of the molecule is CN=C(NCc1ccc(C(=O)N(C)C)cc1)NCC(c1cccc(F)c1)N1CCOCC1. The number of benzene rings is 2. The van der Waals surface area contributed by atoms with Crippen molar-refractivity contribution in [3.63, 3.8) is 0 Å². The minimum Gasteiger partial charge on any atom is -0.379 e. The van der Waals surface area contributed by atoms with E-state index in [-0.39, 0.29) is 17.8 Å². The zero-order chi connectivity index (χ0) is 22.9. The van der Waals surface area contributed by atoms with E-state index in [1.165, 1.54) is 6.07 Å². The van der Waals surface area contributed by atoms with Crippen LogP contribution in [0.5, 0.6) is 0 Å². The van der Waals surface area contributed by atoms with Gasteiger partial charge < -0.3 is 20.3 Å². The van der Waals surface area contributed by atoms with Crippen molar-refractivity contribution in [2.24, 2.45) is 4.99 Å². The van der Waals surface area contributed by atoms with Crippen LogP contribution in [0.15, 0.2) is 53.5 Å². The first-order chi connectivity index (χ1) is 15.5. The molecule has 1 fully saturated rings. The Balaban J connectivity index is 1.60. The number of ether oxygens (including phenoxy) is 1. The van der Waals surface area contributed by atoms with E-state index in [0.29, 0.717) is 37.8 Å². The van der Waals surface area contributed by atoms with Gasteiger partial charge in [-0.1, -0.05) is 24.3 Å². The van der Waals surface area contributed by atoms with Gasteiger partial charge in [-0.3, -0.25) is 14.7 Å². The number of rotatable bonds is 7. The number of carbonyl (C=O) groups is 1. The highest BCUT2D eigenvalue weighted by atomic mass is 19.1. The summed E-state index contributed by atoms with van der Waals surface area (Å²) in [6, 6.07) is 14.3. The lowest BCUT2D eigenvalue weighted by Crippen LogP contribution is -2.46. The fourth-order valence-electron chi connectivity index (χ4n) is 3.68. The molecular weight excluding hydrogens is 409 g/mol. The van der Waals surface area contributed by atoms with Crippen LogP contribution in [0.25, 0.3) is 0 Å². The second-order valence-electron chi connectivity index (χ2n) is 7.92. The number of aliphatic imine (C=N–C) groups is 1.